The maximum Gasteiger partial charge on any atom is 0.275 e. The van der Waals surface area contributed by atoms with Crippen LogP contribution in [-0.4, -0.2) is 46.2 Å². The Morgan fingerprint density at radius 3 is 2.75 bits per heavy atom. The van der Waals surface area contributed by atoms with Gasteiger partial charge in [-0.25, -0.2) is 18.2 Å². The average Bonchev–Trinajstić information content (AvgIpc) is 3.25. The Morgan fingerprint density at radius 1 is 1.25 bits per heavy atom. The SMILES string of the molecule is CC1CN(c2ccncc2NC(=O)c2csc(-c3c(F)ccc(F)c3F)n2)CC(N)C1O. The second-order valence-electron chi connectivity index (χ2n) is 7.64. The van der Waals surface area contributed by atoms with E-state index in [0.29, 0.717) is 30.5 Å². The number of amides is 1. The first-order chi connectivity index (χ1) is 15.3. The molecule has 7 nitrogen and oxygen atoms in total. The molecule has 168 valence electrons. The fraction of sp³-hybridized carbons (Fsp3) is 0.286. The van der Waals surface area contributed by atoms with E-state index in [9.17, 15) is 23.1 Å². The Labute approximate surface area is 185 Å². The van der Waals surface area contributed by atoms with Crippen LogP contribution in [0.5, 0.6) is 0 Å². The Bertz CT molecular complexity index is 1150. The van der Waals surface area contributed by atoms with Crippen LogP contribution < -0.4 is 16.0 Å². The number of anilines is 2. The molecule has 11 heteroatoms. The number of hydrogen-bond acceptors (Lipinski definition) is 7. The molecule has 3 atom stereocenters. The molecule has 1 fully saturated rings. The third kappa shape index (κ3) is 4.18. The number of aliphatic hydroxyl groups is 1. The summed E-state index contributed by atoms with van der Waals surface area (Å²) in [6.07, 6.45) is 2.42. The number of nitrogens with two attached hydrogens (primary N) is 1. The largest absolute Gasteiger partial charge is 0.391 e. The summed E-state index contributed by atoms with van der Waals surface area (Å²) in [6, 6.07) is 2.76. The van der Waals surface area contributed by atoms with Crippen molar-refractivity contribution in [3.63, 3.8) is 0 Å². The fourth-order valence-electron chi connectivity index (χ4n) is 3.67. The number of nitrogens with one attached hydrogen (secondary N) is 1. The summed E-state index contributed by atoms with van der Waals surface area (Å²) in [5, 5.41) is 14.0. The molecule has 2 aromatic heterocycles. The molecule has 0 aliphatic carbocycles. The van der Waals surface area contributed by atoms with Crippen LogP contribution in [-0.2, 0) is 0 Å². The minimum atomic E-state index is -1.36. The van der Waals surface area contributed by atoms with Gasteiger partial charge in [0.1, 0.15) is 16.5 Å². The van der Waals surface area contributed by atoms with Crippen molar-refractivity contribution in [2.24, 2.45) is 11.7 Å². The first-order valence-electron chi connectivity index (χ1n) is 9.79. The molecular weight excluding hydrogens is 443 g/mol. The van der Waals surface area contributed by atoms with E-state index in [-0.39, 0.29) is 16.6 Å². The van der Waals surface area contributed by atoms with Crippen LogP contribution in [0.4, 0.5) is 24.5 Å². The summed E-state index contributed by atoms with van der Waals surface area (Å²) in [5.41, 5.74) is 6.40. The zero-order valence-corrected chi connectivity index (χ0v) is 17.7. The summed E-state index contributed by atoms with van der Waals surface area (Å²) in [7, 11) is 0. The Balaban J connectivity index is 1.57. The van der Waals surface area contributed by atoms with Gasteiger partial charge in [-0.05, 0) is 18.2 Å². The minimum absolute atomic E-state index is 0.0763. The van der Waals surface area contributed by atoms with Crippen LogP contribution in [0.15, 0.2) is 36.0 Å². The van der Waals surface area contributed by atoms with Gasteiger partial charge in [0.2, 0.25) is 0 Å². The molecule has 0 saturated carbocycles. The molecule has 3 heterocycles. The van der Waals surface area contributed by atoms with Crippen molar-refractivity contribution in [1.29, 1.82) is 0 Å². The normalized spacial score (nSPS) is 20.9. The number of nitrogens with zero attached hydrogens (tertiary/aromatic N) is 3. The highest BCUT2D eigenvalue weighted by atomic mass is 32.1. The first kappa shape index (κ1) is 22.2. The molecule has 1 saturated heterocycles. The number of aromatic nitrogens is 2. The van der Waals surface area contributed by atoms with Crippen molar-refractivity contribution in [2.45, 2.75) is 19.1 Å². The number of carbonyl (C=O) groups is 1. The number of halogens is 3. The van der Waals surface area contributed by atoms with Gasteiger partial charge < -0.3 is 21.1 Å². The molecule has 4 rings (SSSR count). The zero-order valence-electron chi connectivity index (χ0n) is 16.9. The van der Waals surface area contributed by atoms with Crippen LogP contribution in [0, 0.1) is 23.4 Å². The molecule has 1 amide bonds. The van der Waals surface area contributed by atoms with Gasteiger partial charge in [0.05, 0.1) is 29.2 Å². The van der Waals surface area contributed by atoms with Gasteiger partial charge in [-0.1, -0.05) is 6.92 Å². The van der Waals surface area contributed by atoms with Gasteiger partial charge in [-0.2, -0.15) is 0 Å². The van der Waals surface area contributed by atoms with E-state index in [1.807, 2.05) is 11.8 Å². The van der Waals surface area contributed by atoms with Crippen LogP contribution in [0.1, 0.15) is 17.4 Å². The smallest absolute Gasteiger partial charge is 0.275 e. The average molecular weight is 463 g/mol. The van der Waals surface area contributed by atoms with Crippen LogP contribution in [0.3, 0.4) is 0 Å². The predicted octanol–water partition coefficient (Wildman–Crippen LogP) is 3.02. The summed E-state index contributed by atoms with van der Waals surface area (Å²) < 4.78 is 41.6. The van der Waals surface area contributed by atoms with E-state index in [1.165, 1.54) is 11.6 Å². The summed E-state index contributed by atoms with van der Waals surface area (Å²) in [4.78, 5) is 22.8. The minimum Gasteiger partial charge on any atom is -0.391 e. The highest BCUT2D eigenvalue weighted by Gasteiger charge is 2.32. The van der Waals surface area contributed by atoms with Gasteiger partial charge in [-0.15, -0.1) is 11.3 Å². The van der Waals surface area contributed by atoms with Gasteiger partial charge >= 0.3 is 0 Å². The molecule has 0 bridgehead atoms. The van der Waals surface area contributed by atoms with Crippen LogP contribution in [0.25, 0.3) is 10.6 Å². The topological polar surface area (TPSA) is 104 Å². The molecule has 0 spiro atoms. The van der Waals surface area contributed by atoms with E-state index in [0.717, 1.165) is 17.4 Å². The lowest BCUT2D eigenvalue weighted by Crippen LogP contribution is -2.55. The second-order valence-corrected chi connectivity index (χ2v) is 8.50. The Morgan fingerprint density at radius 2 is 2.00 bits per heavy atom. The van der Waals surface area contributed by atoms with Crippen molar-refractivity contribution in [1.82, 2.24) is 9.97 Å². The maximum atomic E-state index is 14.1. The molecular formula is C21H20F3N5O2S. The van der Waals surface area contributed by atoms with Gasteiger partial charge in [0.25, 0.3) is 5.91 Å². The second kappa shape index (κ2) is 8.85. The van der Waals surface area contributed by atoms with Crippen molar-refractivity contribution < 1.29 is 23.1 Å². The van der Waals surface area contributed by atoms with Crippen molar-refractivity contribution >= 4 is 28.6 Å². The number of thiazole rings is 1. The van der Waals surface area contributed by atoms with Gasteiger partial charge in [-0.3, -0.25) is 9.78 Å². The molecule has 3 aromatic rings. The van der Waals surface area contributed by atoms with E-state index < -0.39 is 41.1 Å². The van der Waals surface area contributed by atoms with E-state index in [1.54, 1.807) is 12.3 Å². The monoisotopic (exact) mass is 463 g/mol. The summed E-state index contributed by atoms with van der Waals surface area (Å²) in [5.74, 6) is -4.24. The highest BCUT2D eigenvalue weighted by molar-refractivity contribution is 7.13. The first-order valence-corrected chi connectivity index (χ1v) is 10.7. The predicted molar refractivity (Wildman–Crippen MR) is 115 cm³/mol. The van der Waals surface area contributed by atoms with E-state index in [4.69, 9.17) is 5.73 Å². The molecule has 4 N–H and O–H groups in total. The molecule has 0 radical (unpaired) electrons. The Hall–Kier alpha value is -3.02. The molecule has 3 unspecified atom stereocenters. The zero-order chi connectivity index (χ0) is 23.0. The van der Waals surface area contributed by atoms with Crippen molar-refractivity contribution in [2.75, 3.05) is 23.3 Å². The van der Waals surface area contributed by atoms with Gasteiger partial charge in [0, 0.05) is 36.6 Å². The van der Waals surface area contributed by atoms with Crippen molar-refractivity contribution in [3.05, 3.63) is 59.1 Å². The van der Waals surface area contributed by atoms with E-state index in [2.05, 4.69) is 15.3 Å². The number of aliphatic hydroxyl groups excluding tert-OH is 1. The molecule has 1 aliphatic rings. The summed E-state index contributed by atoms with van der Waals surface area (Å²) in [6.45, 7) is 2.80. The number of benzene rings is 1. The Kier molecular flexibility index (Phi) is 6.13. The van der Waals surface area contributed by atoms with Gasteiger partial charge in [0.15, 0.2) is 11.6 Å². The number of pyridine rings is 1. The van der Waals surface area contributed by atoms with Crippen LogP contribution in [0.2, 0.25) is 0 Å². The number of rotatable bonds is 4. The molecule has 32 heavy (non-hydrogen) atoms. The van der Waals surface area contributed by atoms with Crippen molar-refractivity contribution in [3.8, 4) is 10.6 Å². The highest BCUT2D eigenvalue weighted by Crippen LogP contribution is 2.32. The lowest BCUT2D eigenvalue weighted by molar-refractivity contribution is 0.0785. The third-order valence-electron chi connectivity index (χ3n) is 5.34. The van der Waals surface area contributed by atoms with E-state index >= 15 is 0 Å². The standard InChI is InChI=1S/C21H20F3N5O2S/c1-10-7-29(8-13(25)19(10)30)16-4-5-26-6-14(16)27-20(31)15-9-32-21(28-15)17-11(22)2-3-12(23)18(17)24/h2-6,9-10,13,19,30H,7-8,25H2,1H3,(H,27,31). The molecule has 1 aromatic carbocycles. The maximum absolute atomic E-state index is 14.1. The summed E-state index contributed by atoms with van der Waals surface area (Å²) >= 11 is 0.823. The number of piperidine rings is 1. The lowest BCUT2D eigenvalue weighted by Gasteiger charge is -2.40. The molecule has 1 aliphatic heterocycles. The van der Waals surface area contributed by atoms with Crippen LogP contribution >= 0.6 is 11.3 Å². The fourth-order valence-corrected chi connectivity index (χ4v) is 4.51. The number of carbonyl (C=O) groups excluding carboxylic acids is 1. The quantitative estimate of drug-likeness (QED) is 0.514. The number of hydrogen-bond donors (Lipinski definition) is 3. The third-order valence-corrected chi connectivity index (χ3v) is 6.20. The lowest BCUT2D eigenvalue weighted by atomic mass is 9.92.